The molecule has 0 bridgehead atoms. The lowest BCUT2D eigenvalue weighted by Crippen LogP contribution is -2.42. The van der Waals surface area contributed by atoms with Crippen LogP contribution in [0.2, 0.25) is 0 Å². The normalized spacial score (nSPS) is 18.3. The predicted molar refractivity (Wildman–Crippen MR) is 105 cm³/mol. The van der Waals surface area contributed by atoms with Crippen molar-refractivity contribution in [3.8, 4) is 11.5 Å². The van der Waals surface area contributed by atoms with Gasteiger partial charge in [0, 0.05) is 36.9 Å². The number of rotatable bonds is 4. The summed E-state index contributed by atoms with van der Waals surface area (Å²) in [6.07, 6.45) is -0.941. The van der Waals surface area contributed by atoms with Gasteiger partial charge < -0.3 is 4.52 Å². The number of nitrogens with zero attached hydrogens (tertiary/aromatic N) is 3. The van der Waals surface area contributed by atoms with Crippen molar-refractivity contribution in [1.82, 2.24) is 14.4 Å². The van der Waals surface area contributed by atoms with Gasteiger partial charge >= 0.3 is 0 Å². The van der Waals surface area contributed by atoms with Crippen molar-refractivity contribution >= 4 is 10.0 Å². The van der Waals surface area contributed by atoms with E-state index in [1.807, 2.05) is 34.6 Å². The minimum absolute atomic E-state index is 0.0622. The maximum absolute atomic E-state index is 13.5. The maximum Gasteiger partial charge on any atom is 0.257 e. The molecule has 1 aliphatic heterocycles. The largest absolute Gasteiger partial charge is 0.334 e. The summed E-state index contributed by atoms with van der Waals surface area (Å²) in [6, 6.07) is 4.99. The quantitative estimate of drug-likeness (QED) is 0.714. The topological polar surface area (TPSA) is 76.3 Å². The Balaban J connectivity index is 2.03. The van der Waals surface area contributed by atoms with Gasteiger partial charge in [-0.2, -0.15) is 9.29 Å². The number of aromatic nitrogens is 2. The standard InChI is InChI=1S/C20H27F2N3O3S/c1-13(2)15-7-6-14(17-23-18(24-28-17)19(3,4)5)12-16(15)29(26,27)25-10-8-20(21,22)9-11-25/h6-7,12-13H,8-11H2,1-5H3. The van der Waals surface area contributed by atoms with Crippen LogP contribution in [0, 0.1) is 0 Å². The highest BCUT2D eigenvalue weighted by Crippen LogP contribution is 2.35. The van der Waals surface area contributed by atoms with E-state index in [1.165, 1.54) is 6.07 Å². The van der Waals surface area contributed by atoms with E-state index in [0.29, 0.717) is 17.0 Å². The third kappa shape index (κ3) is 4.50. The van der Waals surface area contributed by atoms with Gasteiger partial charge in [0.25, 0.3) is 11.8 Å². The summed E-state index contributed by atoms with van der Waals surface area (Å²) in [6.45, 7) is 9.23. The second kappa shape index (κ2) is 7.43. The lowest BCUT2D eigenvalue weighted by Gasteiger charge is -2.31. The van der Waals surface area contributed by atoms with Gasteiger partial charge in [0.15, 0.2) is 5.82 Å². The lowest BCUT2D eigenvalue weighted by molar-refractivity contribution is -0.0412. The smallest absolute Gasteiger partial charge is 0.257 e. The zero-order chi connectivity index (χ0) is 21.6. The minimum Gasteiger partial charge on any atom is -0.334 e. The molecule has 6 nitrogen and oxygen atoms in total. The summed E-state index contributed by atoms with van der Waals surface area (Å²) < 4.78 is 60.1. The summed E-state index contributed by atoms with van der Waals surface area (Å²) in [5, 5.41) is 3.99. The van der Waals surface area contributed by atoms with Crippen LogP contribution in [0.1, 0.15) is 64.8 Å². The van der Waals surface area contributed by atoms with Gasteiger partial charge in [0.05, 0.1) is 4.90 Å². The molecule has 2 heterocycles. The van der Waals surface area contributed by atoms with Crippen LogP contribution < -0.4 is 0 Å². The Bertz CT molecular complexity index is 985. The van der Waals surface area contributed by atoms with Gasteiger partial charge in [-0.1, -0.05) is 45.8 Å². The SMILES string of the molecule is CC(C)c1ccc(-c2nc(C(C)(C)C)no2)cc1S(=O)(=O)N1CCC(F)(F)CC1. The van der Waals surface area contributed by atoms with Crippen molar-refractivity contribution in [1.29, 1.82) is 0 Å². The van der Waals surface area contributed by atoms with Gasteiger partial charge in [-0.3, -0.25) is 0 Å². The van der Waals surface area contributed by atoms with Crippen LogP contribution in [-0.2, 0) is 15.4 Å². The van der Waals surface area contributed by atoms with Crippen molar-refractivity contribution in [3.63, 3.8) is 0 Å². The Kier molecular flexibility index (Phi) is 5.59. The van der Waals surface area contributed by atoms with Crippen LogP contribution in [-0.4, -0.2) is 41.9 Å². The molecule has 160 valence electrons. The molecule has 0 amide bonds. The first-order chi connectivity index (χ1) is 13.3. The second-order valence-electron chi connectivity index (χ2n) is 8.84. The minimum atomic E-state index is -3.93. The highest BCUT2D eigenvalue weighted by Gasteiger charge is 2.39. The highest BCUT2D eigenvalue weighted by atomic mass is 32.2. The molecule has 1 aromatic carbocycles. The van der Waals surface area contributed by atoms with Gasteiger partial charge in [-0.25, -0.2) is 17.2 Å². The van der Waals surface area contributed by atoms with E-state index in [9.17, 15) is 17.2 Å². The molecule has 2 aromatic rings. The summed E-state index contributed by atoms with van der Waals surface area (Å²) >= 11 is 0. The number of alkyl halides is 2. The molecule has 3 rings (SSSR count). The van der Waals surface area contributed by atoms with Crippen molar-refractivity contribution in [2.75, 3.05) is 13.1 Å². The second-order valence-corrected chi connectivity index (χ2v) is 10.7. The maximum atomic E-state index is 13.5. The van der Waals surface area contributed by atoms with Crippen LogP contribution in [0.5, 0.6) is 0 Å². The van der Waals surface area contributed by atoms with Crippen molar-refractivity contribution in [3.05, 3.63) is 29.6 Å². The third-order valence-electron chi connectivity index (χ3n) is 5.05. The Morgan fingerprint density at radius 2 is 1.79 bits per heavy atom. The van der Waals surface area contributed by atoms with Gasteiger partial charge in [-0.05, 0) is 23.6 Å². The van der Waals surface area contributed by atoms with Gasteiger partial charge in [0.1, 0.15) is 0 Å². The fourth-order valence-electron chi connectivity index (χ4n) is 3.21. The molecule has 0 atom stereocenters. The zero-order valence-corrected chi connectivity index (χ0v) is 18.2. The Hall–Kier alpha value is -1.87. The molecule has 29 heavy (non-hydrogen) atoms. The first kappa shape index (κ1) is 21.8. The molecule has 0 radical (unpaired) electrons. The number of benzene rings is 1. The Morgan fingerprint density at radius 3 is 2.31 bits per heavy atom. The molecule has 0 spiro atoms. The molecule has 1 saturated heterocycles. The van der Waals surface area contributed by atoms with Crippen molar-refractivity contribution in [2.24, 2.45) is 0 Å². The molecule has 0 saturated carbocycles. The number of piperidine rings is 1. The van der Waals surface area contributed by atoms with Crippen molar-refractivity contribution in [2.45, 2.75) is 69.6 Å². The van der Waals surface area contributed by atoms with Gasteiger partial charge in [-0.15, -0.1) is 0 Å². The molecule has 1 fully saturated rings. The Labute approximate surface area is 170 Å². The van der Waals surface area contributed by atoms with Crippen LogP contribution in [0.15, 0.2) is 27.6 Å². The average molecular weight is 428 g/mol. The Morgan fingerprint density at radius 1 is 1.17 bits per heavy atom. The monoisotopic (exact) mass is 427 g/mol. The average Bonchev–Trinajstić information content (AvgIpc) is 3.11. The van der Waals surface area contributed by atoms with Crippen molar-refractivity contribution < 1.29 is 21.7 Å². The van der Waals surface area contributed by atoms with E-state index in [-0.39, 0.29) is 35.2 Å². The first-order valence-corrected chi connectivity index (χ1v) is 11.1. The molecule has 0 unspecified atom stereocenters. The summed E-state index contributed by atoms with van der Waals surface area (Å²) in [5.41, 5.74) is 0.799. The molecule has 0 aliphatic carbocycles. The van der Waals surface area contributed by atoms with Gasteiger partial charge in [0.2, 0.25) is 10.0 Å². The summed E-state index contributed by atoms with van der Waals surface area (Å²) in [5.74, 6) is -2.13. The van der Waals surface area contributed by atoms with E-state index in [4.69, 9.17) is 4.52 Å². The number of halogens is 2. The molecular weight excluding hydrogens is 400 g/mol. The zero-order valence-electron chi connectivity index (χ0n) is 17.4. The lowest BCUT2D eigenvalue weighted by atomic mass is 9.96. The van der Waals surface area contributed by atoms with Crippen LogP contribution >= 0.6 is 0 Å². The van der Waals surface area contributed by atoms with Crippen LogP contribution in [0.25, 0.3) is 11.5 Å². The summed E-state index contributed by atoms with van der Waals surface area (Å²) in [4.78, 5) is 4.50. The molecule has 0 N–H and O–H groups in total. The number of hydrogen-bond donors (Lipinski definition) is 0. The van der Waals surface area contributed by atoms with Crippen LogP contribution in [0.4, 0.5) is 8.78 Å². The number of sulfonamides is 1. The third-order valence-corrected chi connectivity index (χ3v) is 7.01. The van der Waals surface area contributed by atoms with E-state index in [0.717, 1.165) is 4.31 Å². The summed E-state index contributed by atoms with van der Waals surface area (Å²) in [7, 11) is -3.93. The molecule has 9 heteroatoms. The number of hydrogen-bond acceptors (Lipinski definition) is 5. The first-order valence-electron chi connectivity index (χ1n) is 9.68. The van der Waals surface area contributed by atoms with E-state index in [1.54, 1.807) is 12.1 Å². The highest BCUT2D eigenvalue weighted by molar-refractivity contribution is 7.89. The molecule has 1 aliphatic rings. The van der Waals surface area contributed by atoms with Crippen LogP contribution in [0.3, 0.4) is 0 Å². The molecular formula is C20H27F2N3O3S. The fraction of sp³-hybridized carbons (Fsp3) is 0.600. The fourth-order valence-corrected chi connectivity index (χ4v) is 5.02. The molecule has 1 aromatic heterocycles. The van der Waals surface area contributed by atoms with E-state index < -0.39 is 28.8 Å². The van der Waals surface area contributed by atoms with E-state index >= 15 is 0 Å². The van der Waals surface area contributed by atoms with E-state index in [2.05, 4.69) is 10.1 Å². The predicted octanol–water partition coefficient (Wildman–Crippen LogP) is 4.58.